The monoisotopic (exact) mass is 169 g/mol. The van der Waals surface area contributed by atoms with Crippen LogP contribution in [0.3, 0.4) is 0 Å². The first-order valence-electron chi connectivity index (χ1n) is 3.67. The lowest BCUT2D eigenvalue weighted by atomic mass is 10.1. The Bertz CT molecular complexity index is 218. The Kier molecular flexibility index (Phi) is 2.92. The second-order valence-corrected chi connectivity index (χ2v) is 2.96. The largest absolute Gasteiger partial charge is 0.226 e. The molecule has 0 aliphatic rings. The van der Waals surface area contributed by atoms with Gasteiger partial charge in [-0.1, -0.05) is 29.8 Å². The van der Waals surface area contributed by atoms with Crippen LogP contribution in [0.2, 0.25) is 0 Å². The minimum absolute atomic E-state index is 0.220. The first-order valence-corrected chi connectivity index (χ1v) is 4.04. The van der Waals surface area contributed by atoms with Crippen LogP contribution in [-0.2, 0) is 0 Å². The molecule has 60 valence electrons. The van der Waals surface area contributed by atoms with Crippen molar-refractivity contribution < 1.29 is 0 Å². The van der Waals surface area contributed by atoms with Crippen molar-refractivity contribution in [3.63, 3.8) is 0 Å². The molecule has 0 spiro atoms. The molecule has 0 saturated carbocycles. The van der Waals surface area contributed by atoms with Gasteiger partial charge in [0.15, 0.2) is 0 Å². The van der Waals surface area contributed by atoms with Crippen LogP contribution in [0.1, 0.15) is 24.1 Å². The molecule has 2 heteroatoms. The molecule has 0 aliphatic heterocycles. The molecule has 1 atom stereocenters. The highest BCUT2D eigenvalue weighted by atomic mass is 35.5. The van der Waals surface area contributed by atoms with E-state index in [1.807, 2.05) is 6.92 Å². The van der Waals surface area contributed by atoms with Crippen molar-refractivity contribution in [2.75, 3.05) is 0 Å². The number of halogens is 1. The predicted molar refractivity (Wildman–Crippen MR) is 48.6 cm³/mol. The first-order chi connectivity index (χ1) is 5.24. The van der Waals surface area contributed by atoms with Crippen LogP contribution >= 0.6 is 11.8 Å². The topological polar surface area (TPSA) is 12.0 Å². The molecule has 0 aromatic heterocycles. The van der Waals surface area contributed by atoms with E-state index >= 15 is 0 Å². The number of benzene rings is 1. The molecule has 0 bridgehead atoms. The van der Waals surface area contributed by atoms with Gasteiger partial charge in [0.1, 0.15) is 0 Å². The van der Waals surface area contributed by atoms with Crippen molar-refractivity contribution in [1.82, 2.24) is 4.84 Å². The van der Waals surface area contributed by atoms with Crippen molar-refractivity contribution in [2.24, 2.45) is 0 Å². The maximum atomic E-state index is 5.48. The normalized spacial score (nSPS) is 13.0. The molecule has 0 unspecified atom stereocenters. The molecular formula is C9H12ClN. The molecule has 1 aromatic rings. The lowest BCUT2D eigenvalue weighted by Crippen LogP contribution is -2.05. The summed E-state index contributed by atoms with van der Waals surface area (Å²) in [5, 5.41) is 0. The fraction of sp³-hybridized carbons (Fsp3) is 0.333. The van der Waals surface area contributed by atoms with Gasteiger partial charge in [-0.15, -0.1) is 0 Å². The van der Waals surface area contributed by atoms with Gasteiger partial charge in [0, 0.05) is 6.04 Å². The maximum absolute atomic E-state index is 5.48. The molecule has 0 radical (unpaired) electrons. The average molecular weight is 170 g/mol. The fourth-order valence-electron chi connectivity index (χ4n) is 0.918. The van der Waals surface area contributed by atoms with E-state index in [1.165, 1.54) is 11.1 Å². The van der Waals surface area contributed by atoms with Gasteiger partial charge in [-0.25, -0.2) is 4.84 Å². The third-order valence-electron chi connectivity index (χ3n) is 1.74. The highest BCUT2D eigenvalue weighted by Crippen LogP contribution is 2.12. The number of aryl methyl sites for hydroxylation is 1. The van der Waals surface area contributed by atoms with Crippen LogP contribution < -0.4 is 4.84 Å². The van der Waals surface area contributed by atoms with E-state index in [0.717, 1.165) is 0 Å². The average Bonchev–Trinajstić information content (AvgIpc) is 2.05. The van der Waals surface area contributed by atoms with E-state index in [0.29, 0.717) is 0 Å². The van der Waals surface area contributed by atoms with Crippen molar-refractivity contribution >= 4 is 11.8 Å². The van der Waals surface area contributed by atoms with Crippen molar-refractivity contribution in [1.29, 1.82) is 0 Å². The Morgan fingerprint density at radius 2 is 1.82 bits per heavy atom. The van der Waals surface area contributed by atoms with E-state index in [1.54, 1.807) is 0 Å². The van der Waals surface area contributed by atoms with E-state index in [-0.39, 0.29) is 6.04 Å². The second-order valence-electron chi connectivity index (χ2n) is 2.74. The third kappa shape index (κ3) is 2.21. The van der Waals surface area contributed by atoms with Gasteiger partial charge in [-0.3, -0.25) is 0 Å². The molecular weight excluding hydrogens is 158 g/mol. The minimum atomic E-state index is 0.220. The quantitative estimate of drug-likeness (QED) is 0.672. The number of nitrogens with one attached hydrogen (secondary N) is 1. The third-order valence-corrected chi connectivity index (χ3v) is 2.07. The summed E-state index contributed by atoms with van der Waals surface area (Å²) in [5.74, 6) is 0. The van der Waals surface area contributed by atoms with Gasteiger partial charge in [0.25, 0.3) is 0 Å². The summed E-state index contributed by atoms with van der Waals surface area (Å²) in [6.07, 6.45) is 0. The summed E-state index contributed by atoms with van der Waals surface area (Å²) in [6.45, 7) is 4.10. The lowest BCUT2D eigenvalue weighted by Gasteiger charge is -2.07. The molecule has 1 nitrogen and oxygen atoms in total. The van der Waals surface area contributed by atoms with Crippen molar-refractivity contribution in [2.45, 2.75) is 19.9 Å². The van der Waals surface area contributed by atoms with Crippen LogP contribution in [0.5, 0.6) is 0 Å². The standard InChI is InChI=1S/C9H12ClN/c1-7-3-5-9(6-4-7)8(2)11-10/h3-6,8,11H,1-2H3/t8-/m0/s1. The zero-order valence-electron chi connectivity index (χ0n) is 6.76. The van der Waals surface area contributed by atoms with E-state index in [2.05, 4.69) is 36.0 Å². The fourth-order valence-corrected chi connectivity index (χ4v) is 1.04. The molecule has 1 aromatic carbocycles. The van der Waals surface area contributed by atoms with Crippen molar-refractivity contribution in [3.05, 3.63) is 35.4 Å². The summed E-state index contributed by atoms with van der Waals surface area (Å²) < 4.78 is 0. The summed E-state index contributed by atoms with van der Waals surface area (Å²) >= 11 is 5.48. The van der Waals surface area contributed by atoms with Crippen LogP contribution in [-0.4, -0.2) is 0 Å². The Labute approximate surface area is 72.5 Å². The first kappa shape index (κ1) is 8.57. The van der Waals surface area contributed by atoms with Gasteiger partial charge in [-0.2, -0.15) is 0 Å². The highest BCUT2D eigenvalue weighted by Gasteiger charge is 2.00. The molecule has 0 heterocycles. The molecule has 1 N–H and O–H groups in total. The SMILES string of the molecule is Cc1ccc([C@H](C)NCl)cc1. The molecule has 11 heavy (non-hydrogen) atoms. The zero-order valence-corrected chi connectivity index (χ0v) is 7.52. The van der Waals surface area contributed by atoms with Crippen LogP contribution in [0.15, 0.2) is 24.3 Å². The minimum Gasteiger partial charge on any atom is -0.226 e. The Balaban J connectivity index is 2.81. The van der Waals surface area contributed by atoms with Gasteiger partial charge in [0.2, 0.25) is 0 Å². The van der Waals surface area contributed by atoms with Gasteiger partial charge in [0.05, 0.1) is 0 Å². The Morgan fingerprint density at radius 1 is 1.27 bits per heavy atom. The Hall–Kier alpha value is -0.530. The van der Waals surface area contributed by atoms with Crippen LogP contribution in [0.25, 0.3) is 0 Å². The van der Waals surface area contributed by atoms with Crippen LogP contribution in [0.4, 0.5) is 0 Å². The molecule has 0 aliphatic carbocycles. The van der Waals surface area contributed by atoms with Gasteiger partial charge in [-0.05, 0) is 31.2 Å². The molecule has 0 fully saturated rings. The number of rotatable bonds is 2. The second kappa shape index (κ2) is 3.74. The summed E-state index contributed by atoms with van der Waals surface area (Å²) in [5.41, 5.74) is 2.49. The maximum Gasteiger partial charge on any atom is 0.0442 e. The summed E-state index contributed by atoms with van der Waals surface area (Å²) in [7, 11) is 0. The van der Waals surface area contributed by atoms with E-state index in [9.17, 15) is 0 Å². The highest BCUT2D eigenvalue weighted by molar-refractivity contribution is 6.13. The lowest BCUT2D eigenvalue weighted by molar-refractivity contribution is 0.745. The predicted octanol–water partition coefficient (Wildman–Crippen LogP) is 2.80. The van der Waals surface area contributed by atoms with E-state index < -0.39 is 0 Å². The van der Waals surface area contributed by atoms with Gasteiger partial charge >= 0.3 is 0 Å². The Morgan fingerprint density at radius 3 is 2.27 bits per heavy atom. The van der Waals surface area contributed by atoms with Crippen LogP contribution in [0, 0.1) is 6.92 Å². The smallest absolute Gasteiger partial charge is 0.0442 e. The molecule has 0 saturated heterocycles. The summed E-state index contributed by atoms with van der Waals surface area (Å²) in [4.78, 5) is 2.67. The van der Waals surface area contributed by atoms with E-state index in [4.69, 9.17) is 11.8 Å². The zero-order chi connectivity index (χ0) is 8.27. The number of hydrogen-bond acceptors (Lipinski definition) is 1. The molecule has 1 rings (SSSR count). The molecule has 0 amide bonds. The van der Waals surface area contributed by atoms with Gasteiger partial charge < -0.3 is 0 Å². The number of hydrogen-bond donors (Lipinski definition) is 1. The van der Waals surface area contributed by atoms with Crippen molar-refractivity contribution in [3.8, 4) is 0 Å². The summed E-state index contributed by atoms with van der Waals surface area (Å²) in [6, 6.07) is 8.54.